The maximum absolute atomic E-state index is 5.27. The van der Waals surface area contributed by atoms with Crippen molar-refractivity contribution < 1.29 is 9.47 Å². The van der Waals surface area contributed by atoms with Crippen molar-refractivity contribution in [3.8, 4) is 23.3 Å². The van der Waals surface area contributed by atoms with Gasteiger partial charge in [-0.15, -0.1) is 0 Å². The first-order valence-corrected chi connectivity index (χ1v) is 11.1. The lowest BCUT2D eigenvalue weighted by molar-refractivity contribution is 0.176. The van der Waals surface area contributed by atoms with Crippen LogP contribution in [0.15, 0.2) is 83.9 Å². The van der Waals surface area contributed by atoms with Gasteiger partial charge in [-0.05, 0) is 60.0 Å². The maximum atomic E-state index is 5.27. The molecule has 0 unspecified atom stereocenters. The van der Waals surface area contributed by atoms with E-state index in [0.717, 1.165) is 61.3 Å². The van der Waals surface area contributed by atoms with Gasteiger partial charge in [-0.25, -0.2) is 4.99 Å². The van der Waals surface area contributed by atoms with E-state index in [9.17, 15) is 0 Å². The number of methoxy groups -OCH3 is 2. The Hall–Kier alpha value is -3.75. The molecule has 1 fully saturated rings. The number of hydrogen-bond acceptors (Lipinski definition) is 4. The molecule has 5 heteroatoms. The van der Waals surface area contributed by atoms with Crippen LogP contribution in [0.2, 0.25) is 0 Å². The molecule has 4 rings (SSSR count). The summed E-state index contributed by atoms with van der Waals surface area (Å²) in [4.78, 5) is 9.65. The standard InChI is InChI=1S/C28H29N3O2/c1-32-26-13-8-23(9-14-26)10-17-28(29-25-11-15-27(33-2)16-12-25)31-20-18-30(19-21-31)22-24-6-4-3-5-7-24/h3-9,11-16H,18-22H2,1-2H3. The third-order valence-corrected chi connectivity index (χ3v) is 5.64. The monoisotopic (exact) mass is 439 g/mol. The van der Waals surface area contributed by atoms with Gasteiger partial charge in [-0.1, -0.05) is 36.3 Å². The second kappa shape index (κ2) is 11.2. The van der Waals surface area contributed by atoms with Crippen LogP contribution in [0.3, 0.4) is 0 Å². The molecule has 0 amide bonds. The van der Waals surface area contributed by atoms with Crippen molar-refractivity contribution in [2.24, 2.45) is 4.99 Å². The van der Waals surface area contributed by atoms with E-state index in [0.29, 0.717) is 0 Å². The van der Waals surface area contributed by atoms with Gasteiger partial charge in [0.25, 0.3) is 0 Å². The Bertz CT molecular complexity index is 1110. The highest BCUT2D eigenvalue weighted by molar-refractivity contribution is 6.00. The smallest absolute Gasteiger partial charge is 0.182 e. The van der Waals surface area contributed by atoms with E-state index in [-0.39, 0.29) is 0 Å². The van der Waals surface area contributed by atoms with Gasteiger partial charge in [0, 0.05) is 38.3 Å². The summed E-state index contributed by atoms with van der Waals surface area (Å²) in [5.74, 6) is 9.01. The average molecular weight is 440 g/mol. The minimum atomic E-state index is 0.787. The summed E-state index contributed by atoms with van der Waals surface area (Å²) in [6, 6.07) is 26.2. The Kier molecular flexibility index (Phi) is 7.63. The minimum Gasteiger partial charge on any atom is -0.497 e. The summed E-state index contributed by atoms with van der Waals surface area (Å²) in [5.41, 5.74) is 3.14. The quantitative estimate of drug-likeness (QED) is 0.331. The number of piperazine rings is 1. The largest absolute Gasteiger partial charge is 0.497 e. The highest BCUT2D eigenvalue weighted by atomic mass is 16.5. The SMILES string of the molecule is COc1ccc(C#CC(=Nc2ccc(OC)cc2)N2CCN(Cc3ccccc3)CC2)cc1. The molecule has 0 saturated carbocycles. The second-order valence-electron chi connectivity index (χ2n) is 7.86. The first kappa shape index (κ1) is 22.4. The molecule has 0 aliphatic carbocycles. The molecule has 3 aromatic rings. The Morgan fingerprint density at radius 1 is 0.788 bits per heavy atom. The van der Waals surface area contributed by atoms with Crippen molar-refractivity contribution in [3.05, 3.63) is 90.0 Å². The van der Waals surface area contributed by atoms with Gasteiger partial charge in [0.05, 0.1) is 19.9 Å². The number of nitrogens with zero attached hydrogens (tertiary/aromatic N) is 3. The Balaban J connectivity index is 1.51. The normalized spacial score (nSPS) is 14.4. The third kappa shape index (κ3) is 6.38. The molecule has 1 aliphatic heterocycles. The summed E-state index contributed by atoms with van der Waals surface area (Å²) >= 11 is 0. The lowest BCUT2D eigenvalue weighted by Gasteiger charge is -2.35. The van der Waals surface area contributed by atoms with E-state index in [1.807, 2.05) is 48.5 Å². The zero-order chi connectivity index (χ0) is 22.9. The molecule has 33 heavy (non-hydrogen) atoms. The molecule has 0 radical (unpaired) electrons. The predicted molar refractivity (Wildman–Crippen MR) is 133 cm³/mol. The molecule has 1 heterocycles. The maximum Gasteiger partial charge on any atom is 0.182 e. The summed E-state index contributed by atoms with van der Waals surface area (Å²) < 4.78 is 10.5. The number of aliphatic imine (C=N–C) groups is 1. The van der Waals surface area contributed by atoms with Crippen molar-refractivity contribution in [3.63, 3.8) is 0 Å². The van der Waals surface area contributed by atoms with Crippen LogP contribution in [-0.2, 0) is 6.54 Å². The van der Waals surface area contributed by atoms with Crippen molar-refractivity contribution in [2.75, 3.05) is 40.4 Å². The topological polar surface area (TPSA) is 37.3 Å². The van der Waals surface area contributed by atoms with Gasteiger partial charge in [-0.2, -0.15) is 0 Å². The van der Waals surface area contributed by atoms with E-state index >= 15 is 0 Å². The molecular weight excluding hydrogens is 410 g/mol. The summed E-state index contributed by atoms with van der Waals surface area (Å²) in [5, 5.41) is 0. The predicted octanol–water partition coefficient (Wildman–Crippen LogP) is 4.60. The molecule has 3 aromatic carbocycles. The fraction of sp³-hybridized carbons (Fsp3) is 0.250. The number of amidine groups is 1. The second-order valence-corrected chi connectivity index (χ2v) is 7.86. The lowest BCUT2D eigenvalue weighted by Crippen LogP contribution is -2.48. The van der Waals surface area contributed by atoms with E-state index in [2.05, 4.69) is 52.0 Å². The minimum absolute atomic E-state index is 0.787. The highest BCUT2D eigenvalue weighted by Gasteiger charge is 2.19. The molecule has 0 atom stereocenters. The van der Waals surface area contributed by atoms with E-state index in [1.165, 1.54) is 5.56 Å². The first-order valence-electron chi connectivity index (χ1n) is 11.1. The molecule has 1 saturated heterocycles. The van der Waals surface area contributed by atoms with Crippen molar-refractivity contribution >= 4 is 11.5 Å². The number of rotatable bonds is 5. The molecule has 0 spiro atoms. The summed E-state index contributed by atoms with van der Waals surface area (Å²) in [7, 11) is 3.33. The Morgan fingerprint density at radius 3 is 2.00 bits per heavy atom. The van der Waals surface area contributed by atoms with Crippen LogP contribution in [0.1, 0.15) is 11.1 Å². The summed E-state index contributed by atoms with van der Waals surface area (Å²) in [6.45, 7) is 4.69. The van der Waals surface area contributed by atoms with Crippen LogP contribution >= 0.6 is 0 Å². The zero-order valence-corrected chi connectivity index (χ0v) is 19.2. The van der Waals surface area contributed by atoms with Crippen LogP contribution in [-0.4, -0.2) is 56.0 Å². The van der Waals surface area contributed by atoms with E-state index in [4.69, 9.17) is 14.5 Å². The third-order valence-electron chi connectivity index (χ3n) is 5.64. The summed E-state index contributed by atoms with van der Waals surface area (Å²) in [6.07, 6.45) is 0. The molecule has 0 bridgehead atoms. The van der Waals surface area contributed by atoms with Crippen LogP contribution < -0.4 is 9.47 Å². The van der Waals surface area contributed by atoms with Gasteiger partial charge in [0.15, 0.2) is 5.84 Å². The Morgan fingerprint density at radius 2 is 1.39 bits per heavy atom. The molecule has 5 nitrogen and oxygen atoms in total. The Labute approximate surface area is 196 Å². The number of benzene rings is 3. The van der Waals surface area contributed by atoms with Crippen molar-refractivity contribution in [1.82, 2.24) is 9.80 Å². The zero-order valence-electron chi connectivity index (χ0n) is 19.2. The van der Waals surface area contributed by atoms with Crippen LogP contribution in [0.25, 0.3) is 0 Å². The fourth-order valence-electron chi connectivity index (χ4n) is 3.72. The molecular formula is C28H29N3O2. The lowest BCUT2D eigenvalue weighted by atomic mass is 10.2. The molecule has 0 N–H and O–H groups in total. The van der Waals surface area contributed by atoms with Gasteiger partial charge in [0.2, 0.25) is 0 Å². The fourth-order valence-corrected chi connectivity index (χ4v) is 3.72. The van der Waals surface area contributed by atoms with Crippen LogP contribution in [0.5, 0.6) is 11.5 Å². The average Bonchev–Trinajstić information content (AvgIpc) is 2.88. The van der Waals surface area contributed by atoms with Gasteiger partial charge in [0.1, 0.15) is 11.5 Å². The van der Waals surface area contributed by atoms with Crippen molar-refractivity contribution in [1.29, 1.82) is 0 Å². The van der Waals surface area contributed by atoms with Crippen LogP contribution in [0, 0.1) is 11.8 Å². The van der Waals surface area contributed by atoms with Gasteiger partial charge in [-0.3, -0.25) is 4.90 Å². The molecule has 168 valence electrons. The van der Waals surface area contributed by atoms with Gasteiger partial charge >= 0.3 is 0 Å². The van der Waals surface area contributed by atoms with Gasteiger partial charge < -0.3 is 14.4 Å². The molecule has 1 aliphatic rings. The number of ether oxygens (including phenoxy) is 2. The van der Waals surface area contributed by atoms with E-state index in [1.54, 1.807) is 14.2 Å². The van der Waals surface area contributed by atoms with E-state index < -0.39 is 0 Å². The van der Waals surface area contributed by atoms with Crippen LogP contribution in [0.4, 0.5) is 5.69 Å². The molecule has 0 aromatic heterocycles. The van der Waals surface area contributed by atoms with Crippen molar-refractivity contribution in [2.45, 2.75) is 6.54 Å². The number of hydrogen-bond donors (Lipinski definition) is 0. The highest BCUT2D eigenvalue weighted by Crippen LogP contribution is 2.19. The first-order chi connectivity index (χ1) is 16.2.